The van der Waals surface area contributed by atoms with E-state index in [9.17, 15) is 10.1 Å². The SMILES string of the molecule is Cc1cc(C=Nc2ccc([N+](=O)[O-])cc2)c(C)n1-c1ccc(C(C)(C)C)cc1. The van der Waals surface area contributed by atoms with Gasteiger partial charge in [-0.1, -0.05) is 32.9 Å². The first-order chi connectivity index (χ1) is 13.2. The van der Waals surface area contributed by atoms with Gasteiger partial charge in [0.05, 0.1) is 10.6 Å². The van der Waals surface area contributed by atoms with Gasteiger partial charge in [-0.25, -0.2) is 0 Å². The van der Waals surface area contributed by atoms with Crippen molar-refractivity contribution in [3.05, 3.63) is 87.2 Å². The molecule has 5 heteroatoms. The Labute approximate surface area is 165 Å². The molecule has 0 fully saturated rings. The first-order valence-corrected chi connectivity index (χ1v) is 9.25. The minimum Gasteiger partial charge on any atom is -0.318 e. The summed E-state index contributed by atoms with van der Waals surface area (Å²) in [6.07, 6.45) is 1.81. The average molecular weight is 375 g/mol. The number of rotatable bonds is 4. The summed E-state index contributed by atoms with van der Waals surface area (Å²) in [4.78, 5) is 14.8. The molecule has 28 heavy (non-hydrogen) atoms. The zero-order chi connectivity index (χ0) is 20.5. The predicted molar refractivity (Wildman–Crippen MR) is 114 cm³/mol. The lowest BCUT2D eigenvalue weighted by molar-refractivity contribution is -0.384. The minimum absolute atomic E-state index is 0.0656. The highest BCUT2D eigenvalue weighted by Gasteiger charge is 2.14. The Morgan fingerprint density at radius 2 is 1.61 bits per heavy atom. The van der Waals surface area contributed by atoms with Gasteiger partial charge >= 0.3 is 0 Å². The molecule has 0 spiro atoms. The summed E-state index contributed by atoms with van der Waals surface area (Å²) in [6, 6.07) is 17.0. The Morgan fingerprint density at radius 1 is 1.00 bits per heavy atom. The molecule has 0 aliphatic rings. The van der Waals surface area contributed by atoms with E-state index in [2.05, 4.69) is 74.5 Å². The molecule has 2 aromatic carbocycles. The second-order valence-corrected chi connectivity index (χ2v) is 7.99. The van der Waals surface area contributed by atoms with Gasteiger partial charge in [0.1, 0.15) is 0 Å². The molecule has 0 unspecified atom stereocenters. The van der Waals surface area contributed by atoms with Crippen molar-refractivity contribution in [2.75, 3.05) is 0 Å². The van der Waals surface area contributed by atoms with Crippen molar-refractivity contribution in [3.8, 4) is 5.69 Å². The summed E-state index contributed by atoms with van der Waals surface area (Å²) < 4.78 is 2.21. The van der Waals surface area contributed by atoms with E-state index in [4.69, 9.17) is 0 Å². The van der Waals surface area contributed by atoms with Crippen molar-refractivity contribution in [2.45, 2.75) is 40.0 Å². The van der Waals surface area contributed by atoms with Crippen LogP contribution in [0.15, 0.2) is 59.6 Å². The third-order valence-corrected chi connectivity index (χ3v) is 4.88. The lowest BCUT2D eigenvalue weighted by Gasteiger charge is -2.20. The maximum absolute atomic E-state index is 10.8. The largest absolute Gasteiger partial charge is 0.318 e. The van der Waals surface area contributed by atoms with Gasteiger partial charge in [0.15, 0.2) is 0 Å². The minimum atomic E-state index is -0.411. The molecule has 0 atom stereocenters. The molecule has 3 rings (SSSR count). The highest BCUT2D eigenvalue weighted by Crippen LogP contribution is 2.26. The van der Waals surface area contributed by atoms with Crippen LogP contribution in [0.3, 0.4) is 0 Å². The van der Waals surface area contributed by atoms with E-state index >= 15 is 0 Å². The first kappa shape index (κ1) is 19.5. The standard InChI is InChI=1S/C23H25N3O2/c1-16-14-18(15-24-20-8-12-22(13-9-20)26(27)28)17(2)25(16)21-10-6-19(7-11-21)23(3,4)5/h6-15H,1-5H3. The number of benzene rings is 2. The smallest absolute Gasteiger partial charge is 0.269 e. The van der Waals surface area contributed by atoms with Crippen LogP contribution >= 0.6 is 0 Å². The highest BCUT2D eigenvalue weighted by molar-refractivity contribution is 5.84. The van der Waals surface area contributed by atoms with Gasteiger partial charge in [-0.05, 0) is 55.2 Å². The summed E-state index contributed by atoms with van der Waals surface area (Å²) in [5.41, 5.74) is 6.56. The predicted octanol–water partition coefficient (Wildman–Crippen LogP) is 6.05. The van der Waals surface area contributed by atoms with Crippen molar-refractivity contribution in [2.24, 2.45) is 4.99 Å². The second-order valence-electron chi connectivity index (χ2n) is 7.99. The van der Waals surface area contributed by atoms with Crippen LogP contribution in [0.5, 0.6) is 0 Å². The molecule has 5 nitrogen and oxygen atoms in total. The molecule has 144 valence electrons. The molecular weight excluding hydrogens is 350 g/mol. The molecule has 0 amide bonds. The number of non-ortho nitro benzene ring substituents is 1. The Balaban J connectivity index is 1.88. The monoisotopic (exact) mass is 375 g/mol. The van der Waals surface area contributed by atoms with Gasteiger partial charge in [0.25, 0.3) is 5.69 Å². The molecule has 0 bridgehead atoms. The molecule has 0 aliphatic heterocycles. The Kier molecular flexibility index (Phi) is 5.18. The highest BCUT2D eigenvalue weighted by atomic mass is 16.6. The lowest BCUT2D eigenvalue weighted by Crippen LogP contribution is -2.11. The number of aromatic nitrogens is 1. The fourth-order valence-electron chi connectivity index (χ4n) is 3.23. The summed E-state index contributed by atoms with van der Waals surface area (Å²) in [6.45, 7) is 10.8. The van der Waals surface area contributed by atoms with Gasteiger partial charge in [-0.15, -0.1) is 0 Å². The van der Waals surface area contributed by atoms with Gasteiger partial charge in [0.2, 0.25) is 0 Å². The van der Waals surface area contributed by atoms with Crippen LogP contribution < -0.4 is 0 Å². The van der Waals surface area contributed by atoms with Gasteiger partial charge in [0, 0.05) is 41.0 Å². The normalized spacial score (nSPS) is 11.9. The van der Waals surface area contributed by atoms with Crippen molar-refractivity contribution >= 4 is 17.6 Å². The average Bonchev–Trinajstić information content (AvgIpc) is 2.93. The van der Waals surface area contributed by atoms with Crippen LogP contribution in [0.1, 0.15) is 43.3 Å². The van der Waals surface area contributed by atoms with Crippen LogP contribution in [0.4, 0.5) is 11.4 Å². The third-order valence-electron chi connectivity index (χ3n) is 4.88. The topological polar surface area (TPSA) is 60.4 Å². The molecule has 0 radical (unpaired) electrons. The molecule has 0 N–H and O–H groups in total. The van der Waals surface area contributed by atoms with Gasteiger partial charge in [-0.2, -0.15) is 0 Å². The van der Waals surface area contributed by atoms with E-state index in [1.165, 1.54) is 17.7 Å². The number of aryl methyl sites for hydroxylation is 1. The van der Waals surface area contributed by atoms with Crippen molar-refractivity contribution in [3.63, 3.8) is 0 Å². The number of hydrogen-bond acceptors (Lipinski definition) is 3. The zero-order valence-electron chi connectivity index (χ0n) is 16.9. The third kappa shape index (κ3) is 4.03. The number of hydrogen-bond donors (Lipinski definition) is 0. The molecule has 0 saturated heterocycles. The van der Waals surface area contributed by atoms with Crippen LogP contribution in [0, 0.1) is 24.0 Å². The van der Waals surface area contributed by atoms with E-state index in [0.717, 1.165) is 22.6 Å². The zero-order valence-corrected chi connectivity index (χ0v) is 16.9. The first-order valence-electron chi connectivity index (χ1n) is 9.25. The number of nitro groups is 1. The fourth-order valence-corrected chi connectivity index (χ4v) is 3.23. The maximum atomic E-state index is 10.8. The van der Waals surface area contributed by atoms with Crippen LogP contribution in [0.2, 0.25) is 0 Å². The van der Waals surface area contributed by atoms with Gasteiger partial charge < -0.3 is 4.57 Å². The van der Waals surface area contributed by atoms with Gasteiger partial charge in [-0.3, -0.25) is 15.1 Å². The Morgan fingerprint density at radius 3 is 2.14 bits per heavy atom. The van der Waals surface area contributed by atoms with Crippen LogP contribution in [-0.4, -0.2) is 15.7 Å². The van der Waals surface area contributed by atoms with E-state index < -0.39 is 4.92 Å². The number of nitro benzene ring substituents is 1. The summed E-state index contributed by atoms with van der Waals surface area (Å²) in [5, 5.41) is 10.8. The van der Waals surface area contributed by atoms with E-state index in [0.29, 0.717) is 5.69 Å². The van der Waals surface area contributed by atoms with Crippen molar-refractivity contribution < 1.29 is 4.92 Å². The van der Waals surface area contributed by atoms with E-state index in [-0.39, 0.29) is 11.1 Å². The number of aliphatic imine (C=N–C) groups is 1. The second kappa shape index (κ2) is 7.43. The van der Waals surface area contributed by atoms with Crippen molar-refractivity contribution in [1.29, 1.82) is 0 Å². The Hall–Kier alpha value is -3.21. The summed E-state index contributed by atoms with van der Waals surface area (Å²) >= 11 is 0. The summed E-state index contributed by atoms with van der Waals surface area (Å²) in [7, 11) is 0. The van der Waals surface area contributed by atoms with Crippen LogP contribution in [0.25, 0.3) is 5.69 Å². The molecule has 1 aromatic heterocycles. The molecule has 0 aliphatic carbocycles. The summed E-state index contributed by atoms with van der Waals surface area (Å²) in [5.74, 6) is 0. The maximum Gasteiger partial charge on any atom is 0.269 e. The van der Waals surface area contributed by atoms with E-state index in [1.54, 1.807) is 12.1 Å². The Bertz CT molecular complexity index is 1020. The molecule has 3 aromatic rings. The quantitative estimate of drug-likeness (QED) is 0.316. The molecular formula is C23H25N3O2. The van der Waals surface area contributed by atoms with Crippen LogP contribution in [-0.2, 0) is 5.41 Å². The van der Waals surface area contributed by atoms with E-state index in [1.807, 2.05) is 6.21 Å². The lowest BCUT2D eigenvalue weighted by atomic mass is 9.87. The fraction of sp³-hybridized carbons (Fsp3) is 0.261. The molecule has 1 heterocycles. The van der Waals surface area contributed by atoms with Crippen molar-refractivity contribution in [1.82, 2.24) is 4.57 Å². The number of nitrogens with zero attached hydrogens (tertiary/aromatic N) is 3. The molecule has 0 saturated carbocycles.